The van der Waals surface area contributed by atoms with Crippen LogP contribution in [0.25, 0.3) is 0 Å². The van der Waals surface area contributed by atoms with Crippen molar-refractivity contribution in [2.24, 2.45) is 0 Å². The molecule has 0 unspecified atom stereocenters. The number of aryl methyl sites for hydroxylation is 2. The summed E-state index contributed by atoms with van der Waals surface area (Å²) >= 11 is 2.82. The van der Waals surface area contributed by atoms with Crippen molar-refractivity contribution in [3.8, 4) is 0 Å². The maximum atomic E-state index is 12.6. The second-order valence-corrected chi connectivity index (χ2v) is 8.40. The van der Waals surface area contributed by atoms with Crippen molar-refractivity contribution in [2.75, 3.05) is 11.9 Å². The number of amides is 1. The number of carbonyl (C=O) groups is 3. The van der Waals surface area contributed by atoms with Crippen LogP contribution in [0.5, 0.6) is 0 Å². The molecule has 1 aliphatic rings. The molecule has 0 aliphatic heterocycles. The van der Waals surface area contributed by atoms with Crippen molar-refractivity contribution in [1.82, 2.24) is 0 Å². The highest BCUT2D eigenvalue weighted by molar-refractivity contribution is 7.17. The summed E-state index contributed by atoms with van der Waals surface area (Å²) in [6.45, 7) is 3.05. The lowest BCUT2D eigenvalue weighted by Gasteiger charge is -2.12. The number of anilines is 1. The van der Waals surface area contributed by atoms with Crippen molar-refractivity contribution in [3.05, 3.63) is 37.9 Å². The first-order valence-electron chi connectivity index (χ1n) is 8.14. The van der Waals surface area contributed by atoms with Crippen molar-refractivity contribution in [1.29, 1.82) is 0 Å². The number of nitrogens with one attached hydrogen (secondary N) is 1. The standard InChI is InChI=1S/C18H19NO4S2/c1-10-7-8-15(24-10)13(21)9-23-18(22)16-12-5-3-4-6-14(12)25-17(16)19-11(2)20/h7-8H,3-6,9H2,1-2H3,(H,19,20). The first kappa shape index (κ1) is 17.8. The van der Waals surface area contributed by atoms with E-state index in [1.165, 1.54) is 29.6 Å². The Labute approximate surface area is 154 Å². The third kappa shape index (κ3) is 3.99. The van der Waals surface area contributed by atoms with E-state index >= 15 is 0 Å². The fourth-order valence-electron chi connectivity index (χ4n) is 2.89. The summed E-state index contributed by atoms with van der Waals surface area (Å²) in [6.07, 6.45) is 3.80. The Morgan fingerprint density at radius 1 is 1.16 bits per heavy atom. The van der Waals surface area contributed by atoms with Crippen LogP contribution in [-0.2, 0) is 22.4 Å². The average Bonchev–Trinajstić information content (AvgIpc) is 3.15. The van der Waals surface area contributed by atoms with E-state index in [2.05, 4.69) is 5.32 Å². The number of ketones is 1. The van der Waals surface area contributed by atoms with Gasteiger partial charge in [-0.15, -0.1) is 22.7 Å². The Kier molecular flexibility index (Phi) is 5.34. The molecule has 7 heteroatoms. The minimum Gasteiger partial charge on any atom is -0.454 e. The number of rotatable bonds is 5. The Balaban J connectivity index is 1.77. The van der Waals surface area contributed by atoms with Crippen LogP contribution in [0.2, 0.25) is 0 Å². The molecule has 2 heterocycles. The molecule has 2 aromatic heterocycles. The predicted molar refractivity (Wildman–Crippen MR) is 98.9 cm³/mol. The fraction of sp³-hybridized carbons (Fsp3) is 0.389. The summed E-state index contributed by atoms with van der Waals surface area (Å²) in [4.78, 5) is 38.9. The maximum Gasteiger partial charge on any atom is 0.341 e. The molecule has 0 saturated carbocycles. The first-order chi connectivity index (χ1) is 12.0. The number of hydrogen-bond acceptors (Lipinski definition) is 6. The molecule has 3 rings (SSSR count). The number of esters is 1. The van der Waals surface area contributed by atoms with Crippen LogP contribution >= 0.6 is 22.7 Å². The highest BCUT2D eigenvalue weighted by atomic mass is 32.1. The molecule has 0 bridgehead atoms. The van der Waals surface area contributed by atoms with Crippen LogP contribution in [0.4, 0.5) is 5.00 Å². The van der Waals surface area contributed by atoms with E-state index in [4.69, 9.17) is 4.74 Å². The number of carbonyl (C=O) groups excluding carboxylic acids is 3. The molecule has 0 fully saturated rings. The van der Waals surface area contributed by atoms with Gasteiger partial charge in [0.1, 0.15) is 5.00 Å². The van der Waals surface area contributed by atoms with Gasteiger partial charge < -0.3 is 10.1 Å². The zero-order chi connectivity index (χ0) is 18.0. The number of fused-ring (bicyclic) bond motifs is 1. The van der Waals surface area contributed by atoms with Crippen LogP contribution < -0.4 is 5.32 Å². The van der Waals surface area contributed by atoms with Crippen LogP contribution in [0.1, 0.15) is 55.1 Å². The molecular formula is C18H19NO4S2. The molecule has 1 N–H and O–H groups in total. The van der Waals surface area contributed by atoms with E-state index in [0.29, 0.717) is 15.4 Å². The Hall–Kier alpha value is -1.99. The Bertz CT molecular complexity index is 834. The lowest BCUT2D eigenvalue weighted by Crippen LogP contribution is -2.17. The summed E-state index contributed by atoms with van der Waals surface area (Å²) < 4.78 is 5.27. The normalized spacial score (nSPS) is 13.2. The van der Waals surface area contributed by atoms with E-state index in [0.717, 1.165) is 41.0 Å². The zero-order valence-electron chi connectivity index (χ0n) is 14.1. The lowest BCUT2D eigenvalue weighted by atomic mass is 9.95. The van der Waals surface area contributed by atoms with Crippen LogP contribution in [0, 0.1) is 6.92 Å². The number of Topliss-reactive ketones (excluding diaryl/α,β-unsaturated/α-hetero) is 1. The Morgan fingerprint density at radius 2 is 1.92 bits per heavy atom. The van der Waals surface area contributed by atoms with E-state index in [9.17, 15) is 14.4 Å². The molecule has 2 aromatic rings. The third-order valence-corrected chi connectivity index (χ3v) is 6.26. The Morgan fingerprint density at radius 3 is 2.60 bits per heavy atom. The summed E-state index contributed by atoms with van der Waals surface area (Å²) in [5.74, 6) is -0.973. The molecule has 1 aliphatic carbocycles. The highest BCUT2D eigenvalue weighted by Crippen LogP contribution is 2.38. The first-order valence-corrected chi connectivity index (χ1v) is 9.78. The number of thiophene rings is 2. The topological polar surface area (TPSA) is 72.5 Å². The smallest absolute Gasteiger partial charge is 0.341 e. The predicted octanol–water partition coefficient (Wildman–Crippen LogP) is 3.99. The minimum absolute atomic E-state index is 0.211. The maximum absolute atomic E-state index is 12.6. The van der Waals surface area contributed by atoms with Gasteiger partial charge in [0, 0.05) is 16.7 Å². The van der Waals surface area contributed by atoms with Gasteiger partial charge in [-0.2, -0.15) is 0 Å². The second-order valence-electron chi connectivity index (χ2n) is 6.01. The summed E-state index contributed by atoms with van der Waals surface area (Å²) in [5.41, 5.74) is 1.38. The molecule has 132 valence electrons. The zero-order valence-corrected chi connectivity index (χ0v) is 15.8. The van der Waals surface area contributed by atoms with Crippen LogP contribution in [0.15, 0.2) is 12.1 Å². The molecule has 0 spiro atoms. The van der Waals surface area contributed by atoms with Gasteiger partial charge in [0.25, 0.3) is 0 Å². The minimum atomic E-state index is -0.537. The van der Waals surface area contributed by atoms with Gasteiger partial charge in [0.05, 0.1) is 10.4 Å². The SMILES string of the molecule is CC(=O)Nc1sc2c(c1C(=O)OCC(=O)c1ccc(C)s1)CCCC2. The largest absolute Gasteiger partial charge is 0.454 e. The van der Waals surface area contributed by atoms with Gasteiger partial charge in [-0.3, -0.25) is 9.59 Å². The van der Waals surface area contributed by atoms with E-state index in [-0.39, 0.29) is 18.3 Å². The number of hydrogen-bond donors (Lipinski definition) is 1. The van der Waals surface area contributed by atoms with E-state index in [1.807, 2.05) is 13.0 Å². The molecule has 1 amide bonds. The van der Waals surface area contributed by atoms with Crippen LogP contribution in [-0.4, -0.2) is 24.3 Å². The van der Waals surface area contributed by atoms with Gasteiger partial charge in [-0.1, -0.05) is 0 Å². The summed E-state index contributed by atoms with van der Waals surface area (Å²) in [6, 6.07) is 3.61. The molecule has 0 radical (unpaired) electrons. The molecule has 0 atom stereocenters. The van der Waals surface area contributed by atoms with E-state index < -0.39 is 5.97 Å². The van der Waals surface area contributed by atoms with Gasteiger partial charge in [-0.25, -0.2) is 4.79 Å². The third-order valence-electron chi connectivity index (χ3n) is 4.01. The monoisotopic (exact) mass is 377 g/mol. The highest BCUT2D eigenvalue weighted by Gasteiger charge is 2.27. The van der Waals surface area contributed by atoms with Crippen molar-refractivity contribution in [3.63, 3.8) is 0 Å². The molecule has 5 nitrogen and oxygen atoms in total. The fourth-order valence-corrected chi connectivity index (χ4v) is 5.00. The van der Waals surface area contributed by atoms with Crippen LogP contribution in [0.3, 0.4) is 0 Å². The molecule has 25 heavy (non-hydrogen) atoms. The van der Waals surface area contributed by atoms with Crippen molar-refractivity contribution >= 4 is 45.3 Å². The van der Waals surface area contributed by atoms with Crippen molar-refractivity contribution in [2.45, 2.75) is 39.5 Å². The quantitative estimate of drug-likeness (QED) is 0.631. The summed E-state index contributed by atoms with van der Waals surface area (Å²) in [5, 5.41) is 3.26. The lowest BCUT2D eigenvalue weighted by molar-refractivity contribution is -0.114. The van der Waals surface area contributed by atoms with Crippen molar-refractivity contribution < 1.29 is 19.1 Å². The van der Waals surface area contributed by atoms with Gasteiger partial charge >= 0.3 is 5.97 Å². The molecule has 0 saturated heterocycles. The van der Waals surface area contributed by atoms with Gasteiger partial charge in [-0.05, 0) is 50.3 Å². The summed E-state index contributed by atoms with van der Waals surface area (Å²) in [7, 11) is 0. The molecule has 0 aromatic carbocycles. The second kappa shape index (κ2) is 7.49. The number of ether oxygens (including phenoxy) is 1. The molecular weight excluding hydrogens is 358 g/mol. The average molecular weight is 377 g/mol. The van der Waals surface area contributed by atoms with Gasteiger partial charge in [0.2, 0.25) is 11.7 Å². The van der Waals surface area contributed by atoms with E-state index in [1.54, 1.807) is 6.07 Å². The van der Waals surface area contributed by atoms with Gasteiger partial charge in [0.15, 0.2) is 6.61 Å².